The van der Waals surface area contributed by atoms with Crippen LogP contribution >= 0.6 is 0 Å². The molecule has 1 amide bonds. The standard InChI is InChI=1S/C13H17FN2O3S/c1-15-13(17)10-5-7-16(8-6-10)20(18,19)12-4-2-3-11(14)9-12/h2-4,9-10H,5-8H2,1H3,(H,15,17). The number of sulfonamides is 1. The Hall–Kier alpha value is -1.47. The molecule has 0 unspecified atom stereocenters. The van der Waals surface area contributed by atoms with Gasteiger partial charge in [-0.15, -0.1) is 0 Å². The zero-order valence-electron chi connectivity index (χ0n) is 11.2. The number of nitrogens with zero attached hydrogens (tertiary/aromatic N) is 1. The number of nitrogens with one attached hydrogen (secondary N) is 1. The lowest BCUT2D eigenvalue weighted by Gasteiger charge is -2.30. The van der Waals surface area contributed by atoms with E-state index in [2.05, 4.69) is 5.32 Å². The summed E-state index contributed by atoms with van der Waals surface area (Å²) in [5.41, 5.74) is 0. The van der Waals surface area contributed by atoms with Crippen molar-refractivity contribution in [1.29, 1.82) is 0 Å². The number of amides is 1. The summed E-state index contributed by atoms with van der Waals surface area (Å²) in [5.74, 6) is -0.793. The summed E-state index contributed by atoms with van der Waals surface area (Å²) in [7, 11) is -2.11. The minimum atomic E-state index is -3.68. The Kier molecular flexibility index (Phi) is 4.39. The molecule has 0 spiro atoms. The maximum atomic E-state index is 13.1. The fourth-order valence-corrected chi connectivity index (χ4v) is 3.84. The quantitative estimate of drug-likeness (QED) is 0.904. The highest BCUT2D eigenvalue weighted by Gasteiger charge is 2.31. The van der Waals surface area contributed by atoms with Crippen molar-refractivity contribution in [3.8, 4) is 0 Å². The molecule has 1 heterocycles. The van der Waals surface area contributed by atoms with Gasteiger partial charge in [-0.1, -0.05) is 6.07 Å². The van der Waals surface area contributed by atoms with E-state index in [9.17, 15) is 17.6 Å². The molecule has 1 N–H and O–H groups in total. The molecule has 0 atom stereocenters. The third-order valence-corrected chi connectivity index (χ3v) is 5.40. The summed E-state index contributed by atoms with van der Waals surface area (Å²) in [6.07, 6.45) is 0.961. The van der Waals surface area contributed by atoms with Crippen LogP contribution in [0.5, 0.6) is 0 Å². The second-order valence-electron chi connectivity index (χ2n) is 4.75. The van der Waals surface area contributed by atoms with Gasteiger partial charge >= 0.3 is 0 Å². The molecule has 1 fully saturated rings. The van der Waals surface area contributed by atoms with E-state index in [1.54, 1.807) is 7.05 Å². The van der Waals surface area contributed by atoms with Crippen molar-refractivity contribution < 1.29 is 17.6 Å². The van der Waals surface area contributed by atoms with Gasteiger partial charge in [-0.3, -0.25) is 4.79 Å². The maximum absolute atomic E-state index is 13.1. The summed E-state index contributed by atoms with van der Waals surface area (Å²) >= 11 is 0. The van der Waals surface area contributed by atoms with Crippen LogP contribution in [0.4, 0.5) is 4.39 Å². The van der Waals surface area contributed by atoms with Crippen molar-refractivity contribution in [3.63, 3.8) is 0 Å². The van der Waals surface area contributed by atoms with Crippen LogP contribution < -0.4 is 5.32 Å². The fourth-order valence-electron chi connectivity index (χ4n) is 2.34. The van der Waals surface area contributed by atoms with Crippen LogP contribution in [0.2, 0.25) is 0 Å². The Bertz CT molecular complexity index is 595. The molecule has 7 heteroatoms. The van der Waals surface area contributed by atoms with Crippen molar-refractivity contribution >= 4 is 15.9 Å². The average Bonchev–Trinajstić information content (AvgIpc) is 2.46. The molecular formula is C13H17FN2O3S. The summed E-state index contributed by atoms with van der Waals surface area (Å²) < 4.78 is 39.1. The number of benzene rings is 1. The molecule has 0 aliphatic carbocycles. The first-order valence-electron chi connectivity index (χ1n) is 6.42. The van der Waals surface area contributed by atoms with Gasteiger partial charge in [-0.05, 0) is 31.0 Å². The number of piperidine rings is 1. The lowest BCUT2D eigenvalue weighted by molar-refractivity contribution is -0.125. The molecule has 1 aliphatic rings. The Morgan fingerprint density at radius 1 is 1.35 bits per heavy atom. The first-order chi connectivity index (χ1) is 9.45. The number of carbonyl (C=O) groups excluding carboxylic acids is 1. The molecule has 1 aromatic rings. The lowest BCUT2D eigenvalue weighted by Crippen LogP contribution is -2.42. The zero-order valence-corrected chi connectivity index (χ0v) is 12.0. The first-order valence-corrected chi connectivity index (χ1v) is 7.86. The van der Waals surface area contributed by atoms with Crippen LogP contribution in [0, 0.1) is 11.7 Å². The maximum Gasteiger partial charge on any atom is 0.243 e. The van der Waals surface area contributed by atoms with Gasteiger partial charge in [0.05, 0.1) is 4.90 Å². The third kappa shape index (κ3) is 2.99. The van der Waals surface area contributed by atoms with E-state index in [0.717, 1.165) is 6.07 Å². The van der Waals surface area contributed by atoms with E-state index in [1.165, 1.54) is 22.5 Å². The van der Waals surface area contributed by atoms with Crippen LogP contribution in [0.25, 0.3) is 0 Å². The Labute approximate surface area is 117 Å². The van der Waals surface area contributed by atoms with E-state index in [0.29, 0.717) is 12.8 Å². The fraction of sp³-hybridized carbons (Fsp3) is 0.462. The normalized spacial score (nSPS) is 17.9. The second kappa shape index (κ2) is 5.88. The molecule has 0 aromatic heterocycles. The molecule has 20 heavy (non-hydrogen) atoms. The van der Waals surface area contributed by atoms with Crippen LogP contribution in [0.3, 0.4) is 0 Å². The minimum absolute atomic E-state index is 0.0455. The predicted molar refractivity (Wildman–Crippen MR) is 71.9 cm³/mol. The predicted octanol–water partition coefficient (Wildman–Crippen LogP) is 0.972. The second-order valence-corrected chi connectivity index (χ2v) is 6.69. The van der Waals surface area contributed by atoms with E-state index in [1.807, 2.05) is 0 Å². The molecule has 0 radical (unpaired) electrons. The summed E-state index contributed by atoms with van der Waals surface area (Å²) in [6.45, 7) is 0.549. The van der Waals surface area contributed by atoms with Crippen molar-refractivity contribution in [2.24, 2.45) is 5.92 Å². The van der Waals surface area contributed by atoms with Crippen molar-refractivity contribution in [2.45, 2.75) is 17.7 Å². The molecule has 2 rings (SSSR count). The van der Waals surface area contributed by atoms with Gasteiger partial charge in [-0.2, -0.15) is 4.31 Å². The van der Waals surface area contributed by atoms with E-state index >= 15 is 0 Å². The molecule has 110 valence electrons. The van der Waals surface area contributed by atoms with Crippen molar-refractivity contribution in [3.05, 3.63) is 30.1 Å². The van der Waals surface area contributed by atoms with Gasteiger partial charge in [0.25, 0.3) is 0 Å². The van der Waals surface area contributed by atoms with Crippen molar-refractivity contribution in [1.82, 2.24) is 9.62 Å². The minimum Gasteiger partial charge on any atom is -0.359 e. The van der Waals surface area contributed by atoms with E-state index in [-0.39, 0.29) is 29.8 Å². The Balaban J connectivity index is 2.11. The molecule has 5 nitrogen and oxygen atoms in total. The van der Waals surface area contributed by atoms with Crippen LogP contribution in [-0.4, -0.2) is 38.8 Å². The molecule has 0 saturated carbocycles. The third-order valence-electron chi connectivity index (χ3n) is 3.50. The molecule has 1 aliphatic heterocycles. The highest BCUT2D eigenvalue weighted by atomic mass is 32.2. The van der Waals surface area contributed by atoms with Gasteiger partial charge in [0, 0.05) is 26.1 Å². The van der Waals surface area contributed by atoms with E-state index < -0.39 is 15.8 Å². The number of hydrogen-bond acceptors (Lipinski definition) is 3. The SMILES string of the molecule is CNC(=O)C1CCN(S(=O)(=O)c2cccc(F)c2)CC1. The lowest BCUT2D eigenvalue weighted by atomic mass is 9.97. The van der Waals surface area contributed by atoms with Gasteiger partial charge in [0.2, 0.25) is 15.9 Å². The summed E-state index contributed by atoms with van der Waals surface area (Å²) in [5, 5.41) is 2.57. The smallest absolute Gasteiger partial charge is 0.243 e. The molecule has 1 saturated heterocycles. The zero-order chi connectivity index (χ0) is 14.8. The average molecular weight is 300 g/mol. The largest absolute Gasteiger partial charge is 0.359 e. The van der Waals surface area contributed by atoms with Crippen molar-refractivity contribution in [2.75, 3.05) is 20.1 Å². The van der Waals surface area contributed by atoms with Gasteiger partial charge < -0.3 is 5.32 Å². The van der Waals surface area contributed by atoms with E-state index in [4.69, 9.17) is 0 Å². The number of halogens is 1. The number of hydrogen-bond donors (Lipinski definition) is 1. The van der Waals surface area contributed by atoms with Crippen LogP contribution in [0.1, 0.15) is 12.8 Å². The molecular weight excluding hydrogens is 283 g/mol. The van der Waals surface area contributed by atoms with Gasteiger partial charge in [0.15, 0.2) is 0 Å². The summed E-state index contributed by atoms with van der Waals surface area (Å²) in [4.78, 5) is 11.5. The highest BCUT2D eigenvalue weighted by Crippen LogP contribution is 2.24. The van der Waals surface area contributed by atoms with Gasteiger partial charge in [-0.25, -0.2) is 12.8 Å². The topological polar surface area (TPSA) is 66.5 Å². The monoisotopic (exact) mass is 300 g/mol. The Morgan fingerprint density at radius 2 is 2.00 bits per heavy atom. The highest BCUT2D eigenvalue weighted by molar-refractivity contribution is 7.89. The first kappa shape index (κ1) is 14.9. The van der Waals surface area contributed by atoms with Crippen LogP contribution in [0.15, 0.2) is 29.2 Å². The summed E-state index contributed by atoms with van der Waals surface area (Å²) in [6, 6.07) is 4.97. The van der Waals surface area contributed by atoms with Crippen LogP contribution in [-0.2, 0) is 14.8 Å². The van der Waals surface area contributed by atoms with Gasteiger partial charge in [0.1, 0.15) is 5.82 Å². The number of rotatable bonds is 3. The Morgan fingerprint density at radius 3 is 2.55 bits per heavy atom. The molecule has 1 aromatic carbocycles. The number of carbonyl (C=O) groups is 1. The molecule has 0 bridgehead atoms.